The second kappa shape index (κ2) is 4.79. The van der Waals surface area contributed by atoms with Gasteiger partial charge in [-0.25, -0.2) is 9.38 Å². The van der Waals surface area contributed by atoms with E-state index in [0.29, 0.717) is 11.5 Å². The molecule has 0 aliphatic rings. The number of hydrogen-bond donors (Lipinski definition) is 0. The van der Waals surface area contributed by atoms with Gasteiger partial charge >= 0.3 is 0 Å². The summed E-state index contributed by atoms with van der Waals surface area (Å²) in [5, 5.41) is 10.6. The summed E-state index contributed by atoms with van der Waals surface area (Å²) in [4.78, 5) is 13.8. The van der Waals surface area contributed by atoms with Gasteiger partial charge in [0.05, 0.1) is 11.1 Å². The smallest absolute Gasteiger partial charge is 0.271 e. The summed E-state index contributed by atoms with van der Waals surface area (Å²) in [5.74, 6) is 0.537. The summed E-state index contributed by atoms with van der Waals surface area (Å²) in [6.45, 7) is 1.77. The highest BCUT2D eigenvalue weighted by Crippen LogP contribution is 2.23. The van der Waals surface area contributed by atoms with Gasteiger partial charge in [0, 0.05) is 12.1 Å². The maximum absolute atomic E-state index is 13.4. The Morgan fingerprint density at radius 2 is 2.17 bits per heavy atom. The van der Waals surface area contributed by atoms with Crippen molar-refractivity contribution in [3.63, 3.8) is 0 Å². The predicted octanol–water partition coefficient (Wildman–Crippen LogP) is 3.39. The number of furan rings is 1. The molecule has 1 aromatic carbocycles. The van der Waals surface area contributed by atoms with Crippen LogP contribution in [0.3, 0.4) is 0 Å². The van der Waals surface area contributed by atoms with Crippen LogP contribution in [0.25, 0.3) is 0 Å². The van der Waals surface area contributed by atoms with Gasteiger partial charge in [0.25, 0.3) is 5.69 Å². The fourth-order valence-corrected chi connectivity index (χ4v) is 1.37. The summed E-state index contributed by atoms with van der Waals surface area (Å²) in [6.07, 6.45) is 1.31. The first-order valence-corrected chi connectivity index (χ1v) is 5.11. The third kappa shape index (κ3) is 2.60. The first-order chi connectivity index (χ1) is 8.56. The standard InChI is InChI=1S/C12H9FN2O3/c1-8-2-4-10(18-8)7-14-12-6-9(15(16)17)3-5-11(12)13/h2-7H,1H3. The average molecular weight is 248 g/mol. The van der Waals surface area contributed by atoms with E-state index in [1.54, 1.807) is 19.1 Å². The molecule has 0 bridgehead atoms. The molecule has 0 fully saturated rings. The molecule has 0 aliphatic heterocycles. The van der Waals surface area contributed by atoms with Crippen molar-refractivity contribution < 1.29 is 13.7 Å². The van der Waals surface area contributed by atoms with Crippen LogP contribution in [0.15, 0.2) is 39.7 Å². The maximum atomic E-state index is 13.4. The average Bonchev–Trinajstić information content (AvgIpc) is 2.74. The number of nitrogens with zero attached hydrogens (tertiary/aromatic N) is 2. The summed E-state index contributed by atoms with van der Waals surface area (Å²) in [6, 6.07) is 6.59. The quantitative estimate of drug-likeness (QED) is 0.475. The number of rotatable bonds is 3. The zero-order valence-electron chi connectivity index (χ0n) is 9.46. The summed E-state index contributed by atoms with van der Waals surface area (Å²) in [7, 11) is 0. The maximum Gasteiger partial charge on any atom is 0.271 e. The fourth-order valence-electron chi connectivity index (χ4n) is 1.37. The van der Waals surface area contributed by atoms with Gasteiger partial charge in [-0.15, -0.1) is 0 Å². The largest absolute Gasteiger partial charge is 0.460 e. The van der Waals surface area contributed by atoms with Crippen molar-refractivity contribution in [2.24, 2.45) is 4.99 Å². The van der Waals surface area contributed by atoms with Crippen molar-refractivity contribution in [3.05, 3.63) is 57.8 Å². The number of non-ortho nitro benzene ring substituents is 1. The molecule has 6 heteroatoms. The monoisotopic (exact) mass is 248 g/mol. The van der Waals surface area contributed by atoms with Gasteiger partial charge in [0.15, 0.2) is 0 Å². The molecular formula is C12H9FN2O3. The van der Waals surface area contributed by atoms with Crippen LogP contribution in [-0.2, 0) is 0 Å². The molecule has 1 aromatic heterocycles. The molecule has 1 heterocycles. The molecule has 0 N–H and O–H groups in total. The Bertz CT molecular complexity index is 620. The molecule has 0 spiro atoms. The van der Waals surface area contributed by atoms with Crippen LogP contribution >= 0.6 is 0 Å². The molecule has 0 radical (unpaired) electrons. The second-order valence-corrected chi connectivity index (χ2v) is 3.60. The van der Waals surface area contributed by atoms with E-state index < -0.39 is 10.7 Å². The third-order valence-corrected chi connectivity index (χ3v) is 2.23. The van der Waals surface area contributed by atoms with E-state index in [1.807, 2.05) is 0 Å². The van der Waals surface area contributed by atoms with Gasteiger partial charge in [0.1, 0.15) is 23.0 Å². The lowest BCUT2D eigenvalue weighted by Crippen LogP contribution is -1.88. The second-order valence-electron chi connectivity index (χ2n) is 3.60. The first kappa shape index (κ1) is 12.0. The van der Waals surface area contributed by atoms with E-state index in [2.05, 4.69) is 4.99 Å². The van der Waals surface area contributed by atoms with Crippen molar-refractivity contribution in [2.45, 2.75) is 6.92 Å². The van der Waals surface area contributed by atoms with Gasteiger partial charge in [-0.05, 0) is 25.1 Å². The zero-order chi connectivity index (χ0) is 13.1. The molecule has 0 atom stereocenters. The van der Waals surface area contributed by atoms with Crippen molar-refractivity contribution in [1.82, 2.24) is 0 Å². The van der Waals surface area contributed by atoms with E-state index in [0.717, 1.165) is 18.2 Å². The third-order valence-electron chi connectivity index (χ3n) is 2.23. The highest BCUT2D eigenvalue weighted by molar-refractivity contribution is 5.79. The van der Waals surface area contributed by atoms with Crippen LogP contribution in [0.5, 0.6) is 0 Å². The van der Waals surface area contributed by atoms with Crippen molar-refractivity contribution >= 4 is 17.6 Å². The van der Waals surface area contributed by atoms with Gasteiger partial charge in [-0.3, -0.25) is 10.1 Å². The highest BCUT2D eigenvalue weighted by atomic mass is 19.1. The normalized spacial score (nSPS) is 11.0. The number of benzene rings is 1. The van der Waals surface area contributed by atoms with Crippen LogP contribution in [0, 0.1) is 22.9 Å². The molecule has 18 heavy (non-hydrogen) atoms. The van der Waals surface area contributed by atoms with Crippen LogP contribution in [0.2, 0.25) is 0 Å². The molecule has 0 aliphatic carbocycles. The number of hydrogen-bond acceptors (Lipinski definition) is 4. The Hall–Kier alpha value is -2.50. The summed E-state index contributed by atoms with van der Waals surface area (Å²) < 4.78 is 18.6. The van der Waals surface area contributed by atoms with Crippen LogP contribution in [0.4, 0.5) is 15.8 Å². The zero-order valence-corrected chi connectivity index (χ0v) is 9.46. The number of nitro groups is 1. The van der Waals surface area contributed by atoms with Crippen LogP contribution in [0.1, 0.15) is 11.5 Å². The summed E-state index contributed by atoms with van der Waals surface area (Å²) >= 11 is 0. The van der Waals surface area contributed by atoms with E-state index in [4.69, 9.17) is 4.42 Å². The Morgan fingerprint density at radius 1 is 1.39 bits per heavy atom. The molecule has 0 unspecified atom stereocenters. The lowest BCUT2D eigenvalue weighted by Gasteiger charge is -1.96. The number of halogens is 1. The van der Waals surface area contributed by atoms with Gasteiger partial charge in [0.2, 0.25) is 0 Å². The SMILES string of the molecule is Cc1ccc(C=Nc2cc([N+](=O)[O-])ccc2F)o1. The predicted molar refractivity (Wildman–Crippen MR) is 63.8 cm³/mol. The summed E-state index contributed by atoms with van der Waals surface area (Å²) in [5.41, 5.74) is -0.308. The molecule has 0 saturated carbocycles. The van der Waals surface area contributed by atoms with Crippen molar-refractivity contribution in [1.29, 1.82) is 0 Å². The van der Waals surface area contributed by atoms with Gasteiger partial charge in [-0.2, -0.15) is 0 Å². The molecule has 0 amide bonds. The molecule has 0 saturated heterocycles. The lowest BCUT2D eigenvalue weighted by molar-refractivity contribution is -0.384. The van der Waals surface area contributed by atoms with E-state index in [9.17, 15) is 14.5 Å². The number of aliphatic imine (C=N–C) groups is 1. The molecular weight excluding hydrogens is 239 g/mol. The van der Waals surface area contributed by atoms with Gasteiger partial charge in [-0.1, -0.05) is 0 Å². The Morgan fingerprint density at radius 3 is 2.78 bits per heavy atom. The van der Waals surface area contributed by atoms with Gasteiger partial charge < -0.3 is 4.42 Å². The topological polar surface area (TPSA) is 68.6 Å². The van der Waals surface area contributed by atoms with Crippen LogP contribution in [-0.4, -0.2) is 11.1 Å². The molecule has 2 rings (SSSR count). The Labute approximate surface area is 102 Å². The van der Waals surface area contributed by atoms with Crippen molar-refractivity contribution in [3.8, 4) is 0 Å². The Kier molecular flexibility index (Phi) is 3.18. The van der Waals surface area contributed by atoms with E-state index in [-0.39, 0.29) is 11.4 Å². The van der Waals surface area contributed by atoms with Crippen LogP contribution < -0.4 is 0 Å². The highest BCUT2D eigenvalue weighted by Gasteiger charge is 2.09. The molecule has 2 aromatic rings. The Balaban J connectivity index is 2.30. The van der Waals surface area contributed by atoms with E-state index >= 15 is 0 Å². The minimum atomic E-state index is -0.625. The lowest BCUT2D eigenvalue weighted by atomic mass is 10.3. The fraction of sp³-hybridized carbons (Fsp3) is 0.0833. The number of nitro benzene ring substituents is 1. The van der Waals surface area contributed by atoms with Crippen molar-refractivity contribution in [2.75, 3.05) is 0 Å². The molecule has 92 valence electrons. The van der Waals surface area contributed by atoms with E-state index in [1.165, 1.54) is 6.21 Å². The minimum absolute atomic E-state index is 0.0988. The minimum Gasteiger partial charge on any atom is -0.460 e. The first-order valence-electron chi connectivity index (χ1n) is 5.11. The molecule has 5 nitrogen and oxygen atoms in total. The number of aryl methyl sites for hydroxylation is 1.